The summed E-state index contributed by atoms with van der Waals surface area (Å²) in [5.74, 6) is 0. The maximum Gasteiger partial charge on any atom is 0.114 e. The van der Waals surface area contributed by atoms with Crippen molar-refractivity contribution >= 4 is 16.3 Å². The average molecular weight is 211 g/mol. The molecule has 1 aliphatic heterocycles. The van der Waals surface area contributed by atoms with E-state index in [1.807, 2.05) is 5.51 Å². The SMILES string of the molecule is CCC1CNCCN1c1scnc1C. The fraction of sp³-hybridized carbons (Fsp3) is 0.700. The molecule has 14 heavy (non-hydrogen) atoms. The molecule has 0 spiro atoms. The molecule has 0 saturated carbocycles. The Bertz CT molecular complexity index is 297. The van der Waals surface area contributed by atoms with E-state index < -0.39 is 0 Å². The van der Waals surface area contributed by atoms with Gasteiger partial charge in [-0.25, -0.2) is 4.98 Å². The van der Waals surface area contributed by atoms with Crippen LogP contribution in [0.25, 0.3) is 0 Å². The van der Waals surface area contributed by atoms with Crippen LogP contribution in [0.2, 0.25) is 0 Å². The van der Waals surface area contributed by atoms with E-state index in [1.165, 1.54) is 17.1 Å². The van der Waals surface area contributed by atoms with Crippen molar-refractivity contribution < 1.29 is 0 Å². The van der Waals surface area contributed by atoms with Crippen molar-refractivity contribution in [3.63, 3.8) is 0 Å². The molecule has 1 unspecified atom stereocenters. The highest BCUT2D eigenvalue weighted by Crippen LogP contribution is 2.27. The fourth-order valence-electron chi connectivity index (χ4n) is 1.96. The van der Waals surface area contributed by atoms with Crippen LogP contribution < -0.4 is 10.2 Å². The summed E-state index contributed by atoms with van der Waals surface area (Å²) in [6.45, 7) is 7.66. The van der Waals surface area contributed by atoms with Crippen molar-refractivity contribution in [2.24, 2.45) is 0 Å². The Kier molecular flexibility index (Phi) is 3.03. The monoisotopic (exact) mass is 211 g/mol. The summed E-state index contributed by atoms with van der Waals surface area (Å²) in [5.41, 5.74) is 3.12. The third-order valence-electron chi connectivity index (χ3n) is 2.80. The molecule has 1 saturated heterocycles. The third-order valence-corrected chi connectivity index (χ3v) is 3.77. The van der Waals surface area contributed by atoms with Gasteiger partial charge in [0.25, 0.3) is 0 Å². The zero-order chi connectivity index (χ0) is 9.97. The molecule has 2 heterocycles. The van der Waals surface area contributed by atoms with Gasteiger partial charge in [-0.2, -0.15) is 0 Å². The first kappa shape index (κ1) is 9.93. The Labute approximate surface area is 89.1 Å². The molecule has 0 amide bonds. The van der Waals surface area contributed by atoms with Crippen LogP contribution in [0.15, 0.2) is 5.51 Å². The van der Waals surface area contributed by atoms with E-state index in [1.54, 1.807) is 11.3 Å². The lowest BCUT2D eigenvalue weighted by Crippen LogP contribution is -2.51. The van der Waals surface area contributed by atoms with Crippen LogP contribution in [0.4, 0.5) is 5.00 Å². The van der Waals surface area contributed by atoms with Crippen LogP contribution in [0, 0.1) is 6.92 Å². The highest BCUT2D eigenvalue weighted by atomic mass is 32.1. The van der Waals surface area contributed by atoms with E-state index in [2.05, 4.69) is 29.0 Å². The summed E-state index contributed by atoms with van der Waals surface area (Å²) in [5, 5.41) is 4.80. The summed E-state index contributed by atoms with van der Waals surface area (Å²) in [7, 11) is 0. The van der Waals surface area contributed by atoms with Gasteiger partial charge in [0, 0.05) is 25.7 Å². The van der Waals surface area contributed by atoms with Crippen LogP contribution in [0.1, 0.15) is 19.0 Å². The van der Waals surface area contributed by atoms with Crippen LogP contribution in [0.5, 0.6) is 0 Å². The Balaban J connectivity index is 2.19. The summed E-state index contributed by atoms with van der Waals surface area (Å²) in [4.78, 5) is 6.82. The van der Waals surface area contributed by atoms with E-state index in [9.17, 15) is 0 Å². The Morgan fingerprint density at radius 2 is 2.57 bits per heavy atom. The molecule has 0 aliphatic carbocycles. The van der Waals surface area contributed by atoms with Crippen molar-refractivity contribution in [2.75, 3.05) is 24.5 Å². The minimum Gasteiger partial charge on any atom is -0.356 e. The topological polar surface area (TPSA) is 28.2 Å². The number of thiazole rings is 1. The van der Waals surface area contributed by atoms with Crippen molar-refractivity contribution in [2.45, 2.75) is 26.3 Å². The summed E-state index contributed by atoms with van der Waals surface area (Å²) >= 11 is 1.76. The molecule has 1 atom stereocenters. The molecule has 1 N–H and O–H groups in total. The van der Waals surface area contributed by atoms with Crippen molar-refractivity contribution in [1.82, 2.24) is 10.3 Å². The van der Waals surface area contributed by atoms with E-state index >= 15 is 0 Å². The minimum atomic E-state index is 0.642. The number of nitrogens with zero attached hydrogens (tertiary/aromatic N) is 2. The molecule has 4 heteroatoms. The molecule has 0 bridgehead atoms. The lowest BCUT2D eigenvalue weighted by molar-refractivity contribution is 0.468. The number of piperazine rings is 1. The molecule has 1 aromatic rings. The molecule has 2 rings (SSSR count). The first-order valence-electron chi connectivity index (χ1n) is 5.20. The molecule has 3 nitrogen and oxygen atoms in total. The van der Waals surface area contributed by atoms with Gasteiger partial charge in [0.1, 0.15) is 5.00 Å². The minimum absolute atomic E-state index is 0.642. The van der Waals surface area contributed by atoms with Gasteiger partial charge in [0.2, 0.25) is 0 Å². The van der Waals surface area contributed by atoms with Gasteiger partial charge >= 0.3 is 0 Å². The Morgan fingerprint density at radius 1 is 1.71 bits per heavy atom. The molecular weight excluding hydrogens is 194 g/mol. The number of hydrogen-bond acceptors (Lipinski definition) is 4. The maximum atomic E-state index is 4.32. The number of rotatable bonds is 2. The van der Waals surface area contributed by atoms with E-state index in [-0.39, 0.29) is 0 Å². The van der Waals surface area contributed by atoms with Crippen LogP contribution in [-0.2, 0) is 0 Å². The highest BCUT2D eigenvalue weighted by Gasteiger charge is 2.22. The summed E-state index contributed by atoms with van der Waals surface area (Å²) in [6, 6.07) is 0.642. The van der Waals surface area contributed by atoms with Gasteiger partial charge < -0.3 is 10.2 Å². The Morgan fingerprint density at radius 3 is 3.21 bits per heavy atom. The van der Waals surface area contributed by atoms with Crippen molar-refractivity contribution in [1.29, 1.82) is 0 Å². The standard InChI is InChI=1S/C10H17N3S/c1-3-9-6-11-4-5-13(9)10-8(2)12-7-14-10/h7,9,11H,3-6H2,1-2H3. The van der Waals surface area contributed by atoms with Crippen molar-refractivity contribution in [3.8, 4) is 0 Å². The van der Waals surface area contributed by atoms with E-state index in [0.29, 0.717) is 6.04 Å². The number of aromatic nitrogens is 1. The van der Waals surface area contributed by atoms with Crippen LogP contribution in [0.3, 0.4) is 0 Å². The predicted molar refractivity (Wildman–Crippen MR) is 61.1 cm³/mol. The molecule has 1 fully saturated rings. The van der Waals surface area contributed by atoms with Gasteiger partial charge in [-0.05, 0) is 13.3 Å². The van der Waals surface area contributed by atoms with Gasteiger partial charge in [0.15, 0.2) is 0 Å². The second-order valence-corrected chi connectivity index (χ2v) is 4.54. The highest BCUT2D eigenvalue weighted by molar-refractivity contribution is 7.14. The normalized spacial score (nSPS) is 22.7. The van der Waals surface area contributed by atoms with Crippen LogP contribution >= 0.6 is 11.3 Å². The second-order valence-electron chi connectivity index (χ2n) is 3.70. The lowest BCUT2D eigenvalue weighted by atomic mass is 10.1. The first-order chi connectivity index (χ1) is 6.83. The second kappa shape index (κ2) is 4.28. The van der Waals surface area contributed by atoms with Gasteiger partial charge in [-0.15, -0.1) is 11.3 Å². The zero-order valence-electron chi connectivity index (χ0n) is 8.79. The number of nitrogens with one attached hydrogen (secondary N) is 1. The number of hydrogen-bond donors (Lipinski definition) is 1. The molecule has 1 aliphatic rings. The number of anilines is 1. The van der Waals surface area contributed by atoms with Gasteiger partial charge in [-0.3, -0.25) is 0 Å². The maximum absolute atomic E-state index is 4.32. The van der Waals surface area contributed by atoms with Gasteiger partial charge in [0.05, 0.1) is 11.2 Å². The predicted octanol–water partition coefficient (Wildman–Crippen LogP) is 1.64. The van der Waals surface area contributed by atoms with Crippen molar-refractivity contribution in [3.05, 3.63) is 11.2 Å². The largest absolute Gasteiger partial charge is 0.356 e. The van der Waals surface area contributed by atoms with E-state index in [0.717, 1.165) is 19.6 Å². The smallest absolute Gasteiger partial charge is 0.114 e. The number of aryl methyl sites for hydroxylation is 1. The Hall–Kier alpha value is -0.610. The van der Waals surface area contributed by atoms with E-state index in [4.69, 9.17) is 0 Å². The van der Waals surface area contributed by atoms with Crippen LogP contribution in [-0.4, -0.2) is 30.7 Å². The lowest BCUT2D eigenvalue weighted by Gasteiger charge is -2.36. The molecule has 1 aromatic heterocycles. The van der Waals surface area contributed by atoms with Gasteiger partial charge in [-0.1, -0.05) is 6.92 Å². The zero-order valence-corrected chi connectivity index (χ0v) is 9.60. The fourth-order valence-corrected chi connectivity index (χ4v) is 2.87. The molecule has 78 valence electrons. The molecular formula is C10H17N3S. The first-order valence-corrected chi connectivity index (χ1v) is 6.08. The molecule has 0 radical (unpaired) electrons. The average Bonchev–Trinajstić information content (AvgIpc) is 2.64. The summed E-state index contributed by atoms with van der Waals surface area (Å²) < 4.78 is 0. The summed E-state index contributed by atoms with van der Waals surface area (Å²) in [6.07, 6.45) is 1.20. The molecule has 0 aromatic carbocycles. The quantitative estimate of drug-likeness (QED) is 0.806. The third kappa shape index (κ3) is 1.77.